The summed E-state index contributed by atoms with van der Waals surface area (Å²) in [4.78, 5) is 4.76. The first-order valence-electron chi connectivity index (χ1n) is 22.3. The topological polar surface area (TPSA) is 6.48 Å². The highest BCUT2D eigenvalue weighted by atomic mass is 15.1. The van der Waals surface area contributed by atoms with E-state index >= 15 is 0 Å². The zero-order chi connectivity index (χ0) is 43.2. The van der Waals surface area contributed by atoms with Crippen LogP contribution in [-0.2, 0) is 5.41 Å². The van der Waals surface area contributed by atoms with Crippen molar-refractivity contribution in [3.05, 3.63) is 242 Å². The van der Waals surface area contributed by atoms with E-state index in [1.54, 1.807) is 0 Å². The van der Waals surface area contributed by atoms with Gasteiger partial charge < -0.3 is 9.80 Å². The maximum absolute atomic E-state index is 2.45. The van der Waals surface area contributed by atoms with E-state index in [0.717, 1.165) is 34.1 Å². The molecule has 11 rings (SSSR count). The minimum atomic E-state index is -0.0279. The lowest BCUT2D eigenvalue weighted by atomic mass is 9.81. The number of nitrogens with zero attached hydrogens (tertiary/aromatic N) is 2. The number of hydrogen-bond acceptors (Lipinski definition) is 2. The lowest BCUT2D eigenvalue weighted by Crippen LogP contribution is -2.11. The molecule has 0 bridgehead atoms. The quantitative estimate of drug-likeness (QED) is 0.141. The molecule has 0 aromatic heterocycles. The number of fused-ring (bicyclic) bond motifs is 4. The van der Waals surface area contributed by atoms with E-state index in [2.05, 4.69) is 267 Å². The molecule has 0 heterocycles. The van der Waals surface area contributed by atoms with E-state index in [0.29, 0.717) is 0 Å². The molecule has 0 radical (unpaired) electrons. The highest BCUT2D eigenvalue weighted by Crippen LogP contribution is 2.47. The van der Waals surface area contributed by atoms with Gasteiger partial charge in [0.25, 0.3) is 0 Å². The van der Waals surface area contributed by atoms with Gasteiger partial charge in [-0.3, -0.25) is 0 Å². The standard InChI is InChI=1S/C62H48N2/c1-62(2,3)47-36-41-56-57(42-47)61(46-34-39-51(40-35-46)64(49-24-8-5-9-25-49)59-31-17-21-44-19-11-13-27-53(44)59)55-29-15-14-28-54(55)60(56)45-32-37-50(38-33-45)63(48-22-6-4-7-23-48)58-30-16-20-43-18-10-12-26-52(43)58/h4-42H,1-3H3. The minimum absolute atomic E-state index is 0.0279. The lowest BCUT2D eigenvalue weighted by molar-refractivity contribution is 0.591. The van der Waals surface area contributed by atoms with Gasteiger partial charge in [-0.1, -0.05) is 191 Å². The summed E-state index contributed by atoms with van der Waals surface area (Å²) < 4.78 is 0. The van der Waals surface area contributed by atoms with Crippen LogP contribution in [0.1, 0.15) is 26.3 Å². The van der Waals surface area contributed by atoms with Gasteiger partial charge in [0.1, 0.15) is 0 Å². The van der Waals surface area contributed by atoms with Crippen molar-refractivity contribution in [1.29, 1.82) is 0 Å². The van der Waals surface area contributed by atoms with E-state index in [-0.39, 0.29) is 5.41 Å². The van der Waals surface area contributed by atoms with Crippen LogP contribution in [0.4, 0.5) is 34.1 Å². The molecule has 0 amide bonds. The first-order chi connectivity index (χ1) is 31.4. The second kappa shape index (κ2) is 16.1. The molecule has 0 aliphatic heterocycles. The summed E-state index contributed by atoms with van der Waals surface area (Å²) in [6, 6.07) is 86.4. The van der Waals surface area contributed by atoms with Crippen molar-refractivity contribution in [2.45, 2.75) is 26.2 Å². The van der Waals surface area contributed by atoms with E-state index in [9.17, 15) is 0 Å². The molecule has 0 N–H and O–H groups in total. The summed E-state index contributed by atoms with van der Waals surface area (Å²) in [5.41, 5.74) is 12.9. The molecule has 64 heavy (non-hydrogen) atoms. The van der Waals surface area contributed by atoms with E-state index < -0.39 is 0 Å². The molecule has 306 valence electrons. The average molecular weight is 821 g/mol. The fourth-order valence-electron chi connectivity index (χ4n) is 9.64. The van der Waals surface area contributed by atoms with Gasteiger partial charge in [-0.05, 0) is 132 Å². The van der Waals surface area contributed by atoms with Gasteiger partial charge in [0.15, 0.2) is 0 Å². The molecular weight excluding hydrogens is 773 g/mol. The molecule has 2 nitrogen and oxygen atoms in total. The van der Waals surface area contributed by atoms with Gasteiger partial charge in [-0.2, -0.15) is 0 Å². The summed E-state index contributed by atoms with van der Waals surface area (Å²) in [6.07, 6.45) is 0. The van der Waals surface area contributed by atoms with Gasteiger partial charge in [0.2, 0.25) is 0 Å². The second-order valence-corrected chi connectivity index (χ2v) is 17.7. The highest BCUT2D eigenvalue weighted by Gasteiger charge is 2.22. The SMILES string of the molecule is CC(C)(C)c1ccc2c(-c3ccc(N(c4ccccc4)c4cccc5ccccc45)cc3)c3ccccc3c(-c3ccc(N(c4ccccc4)c4cccc5ccccc45)cc3)c2c1. The fraction of sp³-hybridized carbons (Fsp3) is 0.0645. The van der Waals surface area contributed by atoms with Gasteiger partial charge in [0, 0.05) is 33.5 Å². The molecule has 0 aliphatic rings. The number of para-hydroxylation sites is 2. The van der Waals surface area contributed by atoms with Crippen molar-refractivity contribution in [3.63, 3.8) is 0 Å². The van der Waals surface area contributed by atoms with Gasteiger partial charge in [0.05, 0.1) is 11.4 Å². The predicted octanol–water partition coefficient (Wildman–Crippen LogP) is 17.9. The molecule has 11 aromatic carbocycles. The summed E-state index contributed by atoms with van der Waals surface area (Å²) >= 11 is 0. The Bertz CT molecular complexity index is 3450. The lowest BCUT2D eigenvalue weighted by Gasteiger charge is -2.27. The summed E-state index contributed by atoms with van der Waals surface area (Å²) in [7, 11) is 0. The van der Waals surface area contributed by atoms with Crippen molar-refractivity contribution in [1.82, 2.24) is 0 Å². The van der Waals surface area contributed by atoms with Gasteiger partial charge in [-0.15, -0.1) is 0 Å². The molecular formula is C62H48N2. The third kappa shape index (κ3) is 6.94. The van der Waals surface area contributed by atoms with Crippen molar-refractivity contribution < 1.29 is 0 Å². The predicted molar refractivity (Wildman–Crippen MR) is 275 cm³/mol. The third-order valence-corrected chi connectivity index (χ3v) is 12.8. The average Bonchev–Trinajstić information content (AvgIpc) is 3.34. The Kier molecular flexibility index (Phi) is 9.78. The van der Waals surface area contributed by atoms with Crippen molar-refractivity contribution >= 4 is 77.2 Å². The van der Waals surface area contributed by atoms with Gasteiger partial charge in [-0.25, -0.2) is 0 Å². The van der Waals surface area contributed by atoms with Crippen molar-refractivity contribution in [2.75, 3.05) is 9.80 Å². The smallest absolute Gasteiger partial charge is 0.0540 e. The van der Waals surface area contributed by atoms with Crippen LogP contribution in [0.2, 0.25) is 0 Å². The van der Waals surface area contributed by atoms with Crippen LogP contribution in [0.25, 0.3) is 65.3 Å². The van der Waals surface area contributed by atoms with Crippen LogP contribution in [0, 0.1) is 0 Å². The molecule has 0 atom stereocenters. The Labute approximate surface area is 375 Å². The molecule has 0 aliphatic carbocycles. The Morgan fingerprint density at radius 3 is 1.09 bits per heavy atom. The number of anilines is 6. The first-order valence-corrected chi connectivity index (χ1v) is 22.3. The molecule has 11 aromatic rings. The van der Waals surface area contributed by atoms with E-state index in [4.69, 9.17) is 0 Å². The number of benzene rings is 11. The largest absolute Gasteiger partial charge is 0.310 e. The van der Waals surface area contributed by atoms with Crippen LogP contribution < -0.4 is 9.80 Å². The number of hydrogen-bond donors (Lipinski definition) is 0. The number of rotatable bonds is 8. The first kappa shape index (κ1) is 38.9. The van der Waals surface area contributed by atoms with Crippen LogP contribution in [-0.4, -0.2) is 0 Å². The van der Waals surface area contributed by atoms with Crippen LogP contribution in [0.15, 0.2) is 237 Å². The fourth-order valence-corrected chi connectivity index (χ4v) is 9.64. The molecule has 2 heteroatoms. The Morgan fingerprint density at radius 1 is 0.281 bits per heavy atom. The summed E-state index contributed by atoms with van der Waals surface area (Å²) in [5, 5.41) is 9.85. The molecule has 0 unspecified atom stereocenters. The maximum atomic E-state index is 2.45. The van der Waals surface area contributed by atoms with E-state index in [1.165, 1.54) is 70.9 Å². The molecule has 0 saturated heterocycles. The Balaban J connectivity index is 1.08. The monoisotopic (exact) mass is 820 g/mol. The van der Waals surface area contributed by atoms with Crippen molar-refractivity contribution in [3.8, 4) is 22.3 Å². The minimum Gasteiger partial charge on any atom is -0.310 e. The molecule has 0 spiro atoms. The molecule has 0 saturated carbocycles. The highest BCUT2D eigenvalue weighted by molar-refractivity contribution is 6.21. The Morgan fingerprint density at radius 2 is 0.641 bits per heavy atom. The summed E-state index contributed by atoms with van der Waals surface area (Å²) in [6.45, 7) is 6.93. The van der Waals surface area contributed by atoms with Gasteiger partial charge >= 0.3 is 0 Å². The Hall–Kier alpha value is -7.94. The molecule has 0 fully saturated rings. The maximum Gasteiger partial charge on any atom is 0.0540 e. The van der Waals surface area contributed by atoms with Crippen LogP contribution >= 0.6 is 0 Å². The van der Waals surface area contributed by atoms with Crippen LogP contribution in [0.3, 0.4) is 0 Å². The summed E-state index contributed by atoms with van der Waals surface area (Å²) in [5.74, 6) is 0. The zero-order valence-electron chi connectivity index (χ0n) is 36.4. The van der Waals surface area contributed by atoms with Crippen LogP contribution in [0.5, 0.6) is 0 Å². The third-order valence-electron chi connectivity index (χ3n) is 12.8. The van der Waals surface area contributed by atoms with Crippen molar-refractivity contribution in [2.24, 2.45) is 0 Å². The zero-order valence-corrected chi connectivity index (χ0v) is 36.4. The van der Waals surface area contributed by atoms with E-state index in [1.807, 2.05) is 0 Å². The second-order valence-electron chi connectivity index (χ2n) is 17.7. The normalized spacial score (nSPS) is 11.7.